The Balaban J connectivity index is 1.95. The van der Waals surface area contributed by atoms with E-state index in [1.165, 1.54) is 12.1 Å². The van der Waals surface area contributed by atoms with Gasteiger partial charge in [-0.3, -0.25) is 15.0 Å². The smallest absolute Gasteiger partial charge is 0.326 e. The predicted molar refractivity (Wildman–Crippen MR) is 125 cm³/mol. The monoisotopic (exact) mass is 477 g/mol. The standard InChI is InChI=1S/C23H25Cl2N3O4/c24-17-5-3-6-18(25)21(17)22(30)28-19(23(31)32)13-15-10-8-14(9-11-15)12-16(29)4-1-2-7-20(26)27/h3,5-6,8-11,19H,1-2,4,7,12-13H2,(H3,26,27)(H,28,30)(H,31,32)/t19-/m0/s1. The van der Waals surface area contributed by atoms with Gasteiger partial charge in [-0.15, -0.1) is 0 Å². The third-order valence-corrected chi connectivity index (χ3v) is 5.44. The molecule has 1 atom stereocenters. The highest BCUT2D eigenvalue weighted by Gasteiger charge is 2.23. The van der Waals surface area contributed by atoms with Gasteiger partial charge in [0.1, 0.15) is 11.8 Å². The van der Waals surface area contributed by atoms with Gasteiger partial charge in [-0.05, 0) is 36.1 Å². The molecule has 2 aromatic rings. The van der Waals surface area contributed by atoms with Gasteiger partial charge in [-0.1, -0.05) is 53.5 Å². The Morgan fingerprint density at radius 2 is 1.53 bits per heavy atom. The van der Waals surface area contributed by atoms with Crippen LogP contribution in [-0.4, -0.2) is 34.6 Å². The topological polar surface area (TPSA) is 133 Å². The van der Waals surface area contributed by atoms with Gasteiger partial charge in [-0.2, -0.15) is 0 Å². The number of rotatable bonds is 12. The zero-order valence-corrected chi connectivity index (χ0v) is 18.9. The largest absolute Gasteiger partial charge is 0.480 e. The molecule has 0 heterocycles. The lowest BCUT2D eigenvalue weighted by Crippen LogP contribution is -2.42. The first kappa shape index (κ1) is 25.4. The van der Waals surface area contributed by atoms with E-state index in [1.807, 2.05) is 0 Å². The summed E-state index contributed by atoms with van der Waals surface area (Å²) in [5.74, 6) is -1.64. The molecule has 0 aliphatic carbocycles. The summed E-state index contributed by atoms with van der Waals surface area (Å²) in [5.41, 5.74) is 6.84. The molecule has 170 valence electrons. The number of amidine groups is 1. The number of aliphatic carboxylic acids is 1. The van der Waals surface area contributed by atoms with Crippen LogP contribution in [0.5, 0.6) is 0 Å². The highest BCUT2D eigenvalue weighted by molar-refractivity contribution is 6.39. The lowest BCUT2D eigenvalue weighted by molar-refractivity contribution is -0.139. The average molecular weight is 478 g/mol. The summed E-state index contributed by atoms with van der Waals surface area (Å²) < 4.78 is 0. The fourth-order valence-corrected chi connectivity index (χ4v) is 3.70. The molecule has 0 radical (unpaired) electrons. The lowest BCUT2D eigenvalue weighted by atomic mass is 10.00. The number of hydrogen-bond donors (Lipinski definition) is 4. The normalized spacial score (nSPS) is 11.6. The van der Waals surface area contributed by atoms with Crippen LogP contribution in [0.3, 0.4) is 0 Å². The molecule has 0 bridgehead atoms. The van der Waals surface area contributed by atoms with Crippen molar-refractivity contribution in [3.63, 3.8) is 0 Å². The first-order valence-electron chi connectivity index (χ1n) is 10.1. The number of amides is 1. The number of Topliss-reactive ketones (excluding diaryl/α,β-unsaturated/α-hetero) is 1. The molecule has 0 saturated heterocycles. The molecule has 0 aliphatic rings. The molecular formula is C23H25Cl2N3O4. The fourth-order valence-electron chi connectivity index (χ4n) is 3.13. The average Bonchev–Trinajstić information content (AvgIpc) is 2.71. The summed E-state index contributed by atoms with van der Waals surface area (Å²) in [5, 5.41) is 19.4. The number of carboxylic acid groups (broad SMARTS) is 1. The molecule has 0 saturated carbocycles. The van der Waals surface area contributed by atoms with Crippen LogP contribution in [0, 0.1) is 5.41 Å². The van der Waals surface area contributed by atoms with Crippen LogP contribution >= 0.6 is 23.2 Å². The number of nitrogens with one attached hydrogen (secondary N) is 2. The minimum absolute atomic E-state index is 0.0271. The minimum atomic E-state index is -1.19. The van der Waals surface area contributed by atoms with Crippen molar-refractivity contribution < 1.29 is 19.5 Å². The van der Waals surface area contributed by atoms with Gasteiger partial charge < -0.3 is 16.2 Å². The van der Waals surface area contributed by atoms with Crippen molar-refractivity contribution in [2.24, 2.45) is 5.73 Å². The maximum Gasteiger partial charge on any atom is 0.326 e. The van der Waals surface area contributed by atoms with E-state index < -0.39 is 17.9 Å². The lowest BCUT2D eigenvalue weighted by Gasteiger charge is -2.16. The van der Waals surface area contributed by atoms with Crippen molar-refractivity contribution >= 4 is 46.7 Å². The van der Waals surface area contributed by atoms with Crippen molar-refractivity contribution in [1.29, 1.82) is 5.41 Å². The van der Waals surface area contributed by atoms with Gasteiger partial charge in [0.25, 0.3) is 5.91 Å². The summed E-state index contributed by atoms with van der Waals surface area (Å²) in [4.78, 5) is 36.3. The van der Waals surface area contributed by atoms with Crippen molar-refractivity contribution in [1.82, 2.24) is 5.32 Å². The van der Waals surface area contributed by atoms with E-state index in [9.17, 15) is 19.5 Å². The van der Waals surface area contributed by atoms with E-state index in [2.05, 4.69) is 5.32 Å². The van der Waals surface area contributed by atoms with Crippen molar-refractivity contribution in [2.75, 3.05) is 0 Å². The molecule has 0 unspecified atom stereocenters. The fraction of sp³-hybridized carbons (Fsp3) is 0.304. The summed E-state index contributed by atoms with van der Waals surface area (Å²) in [6.45, 7) is 0. The van der Waals surface area contributed by atoms with Crippen LogP contribution in [0.1, 0.15) is 47.2 Å². The van der Waals surface area contributed by atoms with Crippen LogP contribution in [0.15, 0.2) is 42.5 Å². The van der Waals surface area contributed by atoms with Crippen molar-refractivity contribution in [3.05, 3.63) is 69.2 Å². The molecule has 32 heavy (non-hydrogen) atoms. The maximum absolute atomic E-state index is 12.5. The number of carboxylic acids is 1. The van der Waals surface area contributed by atoms with Gasteiger partial charge in [0.2, 0.25) is 0 Å². The molecule has 0 spiro atoms. The van der Waals surface area contributed by atoms with Gasteiger partial charge in [0.15, 0.2) is 0 Å². The number of carbonyl (C=O) groups excluding carboxylic acids is 2. The Labute approximate surface area is 196 Å². The van der Waals surface area contributed by atoms with Gasteiger partial charge in [-0.25, -0.2) is 4.79 Å². The SMILES string of the molecule is N=C(N)CCCCC(=O)Cc1ccc(C[C@H](NC(=O)c2c(Cl)cccc2Cl)C(=O)O)cc1. The molecule has 0 aromatic heterocycles. The molecule has 0 fully saturated rings. The van der Waals surface area contributed by atoms with E-state index in [4.69, 9.17) is 34.3 Å². The molecule has 9 heteroatoms. The second-order valence-corrected chi connectivity index (χ2v) is 8.24. The number of carbonyl (C=O) groups is 3. The molecular weight excluding hydrogens is 453 g/mol. The van der Waals surface area contributed by atoms with E-state index >= 15 is 0 Å². The Kier molecular flexibility index (Phi) is 9.68. The van der Waals surface area contributed by atoms with E-state index in [1.54, 1.807) is 30.3 Å². The van der Waals surface area contributed by atoms with E-state index in [-0.39, 0.29) is 40.1 Å². The summed E-state index contributed by atoms with van der Waals surface area (Å²) >= 11 is 12.1. The zero-order chi connectivity index (χ0) is 23.7. The second kappa shape index (κ2) is 12.2. The summed E-state index contributed by atoms with van der Waals surface area (Å²) in [7, 11) is 0. The molecule has 1 amide bonds. The van der Waals surface area contributed by atoms with Gasteiger partial charge >= 0.3 is 5.97 Å². The third kappa shape index (κ3) is 7.98. The van der Waals surface area contributed by atoms with Crippen LogP contribution in [0.2, 0.25) is 10.0 Å². The predicted octanol–water partition coefficient (Wildman–Crippen LogP) is 4.03. The molecule has 7 nitrogen and oxygen atoms in total. The van der Waals surface area contributed by atoms with Crippen LogP contribution in [0.4, 0.5) is 0 Å². The Bertz CT molecular complexity index is 973. The Morgan fingerprint density at radius 1 is 0.969 bits per heavy atom. The van der Waals surface area contributed by atoms with Crippen LogP contribution < -0.4 is 11.1 Å². The van der Waals surface area contributed by atoms with E-state index in [0.29, 0.717) is 31.2 Å². The molecule has 0 aliphatic heterocycles. The summed E-state index contributed by atoms with van der Waals surface area (Å²) in [6, 6.07) is 10.4. The van der Waals surface area contributed by atoms with Gasteiger partial charge in [0.05, 0.1) is 21.4 Å². The van der Waals surface area contributed by atoms with Crippen LogP contribution in [-0.2, 0) is 22.4 Å². The minimum Gasteiger partial charge on any atom is -0.480 e. The van der Waals surface area contributed by atoms with Gasteiger partial charge in [0, 0.05) is 25.7 Å². The quantitative estimate of drug-likeness (QED) is 0.208. The number of ketones is 1. The number of hydrogen-bond acceptors (Lipinski definition) is 4. The first-order chi connectivity index (χ1) is 15.2. The number of unbranched alkanes of at least 4 members (excludes halogenated alkanes) is 1. The third-order valence-electron chi connectivity index (χ3n) is 4.81. The van der Waals surface area contributed by atoms with Crippen molar-refractivity contribution in [2.45, 2.75) is 44.6 Å². The Hall–Kier alpha value is -2.90. The number of nitrogens with two attached hydrogens (primary N) is 1. The van der Waals surface area contributed by atoms with Crippen molar-refractivity contribution in [3.8, 4) is 0 Å². The highest BCUT2D eigenvalue weighted by atomic mass is 35.5. The molecule has 2 rings (SSSR count). The highest BCUT2D eigenvalue weighted by Crippen LogP contribution is 2.24. The van der Waals surface area contributed by atoms with E-state index in [0.717, 1.165) is 5.56 Å². The maximum atomic E-state index is 12.5. The van der Waals surface area contributed by atoms with Crippen LogP contribution in [0.25, 0.3) is 0 Å². The molecule has 2 aromatic carbocycles. The summed E-state index contributed by atoms with van der Waals surface area (Å²) in [6.07, 6.45) is 2.65. The number of halogens is 2. The molecule has 5 N–H and O–H groups in total. The second-order valence-electron chi connectivity index (χ2n) is 7.43. The Morgan fingerprint density at radius 3 is 2.09 bits per heavy atom. The first-order valence-corrected chi connectivity index (χ1v) is 10.8. The number of benzene rings is 2. The zero-order valence-electron chi connectivity index (χ0n) is 17.4.